The highest BCUT2D eigenvalue weighted by molar-refractivity contribution is 7.92. The summed E-state index contributed by atoms with van der Waals surface area (Å²) in [7, 11) is -4.37. The van der Waals surface area contributed by atoms with Crippen molar-refractivity contribution in [3.63, 3.8) is 0 Å². The molecule has 7 nitrogen and oxygen atoms in total. The fraction of sp³-hybridized carbons (Fsp3) is 0.0588. The van der Waals surface area contributed by atoms with Crippen molar-refractivity contribution in [2.45, 2.75) is 11.1 Å². The Hall–Kier alpha value is -3.05. The van der Waals surface area contributed by atoms with E-state index in [1.54, 1.807) is 0 Å². The lowest BCUT2D eigenvalue weighted by molar-refractivity contribution is -0.140. The molecule has 1 heterocycles. The molecule has 0 saturated carbocycles. The van der Waals surface area contributed by atoms with E-state index in [9.17, 15) is 26.4 Å². The standard InChI is InChI=1S/C17H12ClF3N4O3S/c18-11-6-4-9(5-7-11)13-14(17(19,20)21)23-24-16(13)25-29(27,28)12-3-1-2-10(8-12)15(22)26/h1-8H,(H2,22,26)(H2,23,24,25). The molecule has 0 aliphatic heterocycles. The Balaban J connectivity index is 2.10. The SMILES string of the molecule is NC(=O)c1cccc(S(=O)(=O)Nc2n[nH]c(C(F)(F)F)c2-c2ccc(Cl)cc2)c1. The Morgan fingerprint density at radius 3 is 2.38 bits per heavy atom. The van der Waals surface area contributed by atoms with E-state index in [1.807, 2.05) is 9.82 Å². The summed E-state index contributed by atoms with van der Waals surface area (Å²) in [6.45, 7) is 0. The Morgan fingerprint density at radius 2 is 1.79 bits per heavy atom. The number of rotatable bonds is 5. The number of nitrogens with zero attached hydrogens (tertiary/aromatic N) is 1. The van der Waals surface area contributed by atoms with Gasteiger partial charge in [-0.3, -0.25) is 14.6 Å². The molecule has 0 bridgehead atoms. The molecule has 0 aliphatic rings. The van der Waals surface area contributed by atoms with Crippen molar-refractivity contribution >= 4 is 33.3 Å². The third kappa shape index (κ3) is 4.35. The number of hydrogen-bond acceptors (Lipinski definition) is 4. The summed E-state index contributed by atoms with van der Waals surface area (Å²) >= 11 is 5.77. The third-order valence-corrected chi connectivity index (χ3v) is 5.43. The van der Waals surface area contributed by atoms with E-state index < -0.39 is 39.2 Å². The minimum Gasteiger partial charge on any atom is -0.366 e. The second-order valence-corrected chi connectivity index (χ2v) is 7.94. The van der Waals surface area contributed by atoms with Crippen LogP contribution in [0.1, 0.15) is 16.1 Å². The van der Waals surface area contributed by atoms with Crippen LogP contribution in [0, 0.1) is 0 Å². The molecule has 0 aliphatic carbocycles. The highest BCUT2D eigenvalue weighted by Crippen LogP contribution is 2.40. The number of carbonyl (C=O) groups excluding carboxylic acids is 1. The minimum atomic E-state index is -4.82. The number of nitrogens with one attached hydrogen (secondary N) is 2. The number of amides is 1. The van der Waals surface area contributed by atoms with Gasteiger partial charge in [0.1, 0.15) is 5.69 Å². The average Bonchev–Trinajstić information content (AvgIpc) is 3.05. The number of carbonyl (C=O) groups is 1. The second kappa shape index (κ2) is 7.41. The number of alkyl halides is 3. The van der Waals surface area contributed by atoms with Crippen molar-refractivity contribution in [2.75, 3.05) is 4.72 Å². The molecule has 0 fully saturated rings. The number of H-pyrrole nitrogens is 1. The first-order valence-electron chi connectivity index (χ1n) is 7.83. The maximum absolute atomic E-state index is 13.4. The number of primary amides is 1. The van der Waals surface area contributed by atoms with E-state index in [0.29, 0.717) is 0 Å². The highest BCUT2D eigenvalue weighted by atomic mass is 35.5. The van der Waals surface area contributed by atoms with Gasteiger partial charge in [0.25, 0.3) is 10.0 Å². The molecule has 0 atom stereocenters. The molecular weight excluding hydrogens is 433 g/mol. The first-order chi connectivity index (χ1) is 13.5. The molecule has 3 aromatic rings. The van der Waals surface area contributed by atoms with Gasteiger partial charge in [0, 0.05) is 10.6 Å². The van der Waals surface area contributed by atoms with Crippen LogP contribution in [0.2, 0.25) is 5.02 Å². The molecule has 0 radical (unpaired) electrons. The Labute approximate surface area is 167 Å². The largest absolute Gasteiger partial charge is 0.433 e. The maximum Gasteiger partial charge on any atom is 0.433 e. The number of halogens is 4. The third-order valence-electron chi connectivity index (χ3n) is 3.84. The van der Waals surface area contributed by atoms with Crippen molar-refractivity contribution in [1.29, 1.82) is 0 Å². The number of anilines is 1. The number of aromatic nitrogens is 2. The first kappa shape index (κ1) is 20.7. The lowest BCUT2D eigenvalue weighted by atomic mass is 10.1. The Morgan fingerprint density at radius 1 is 1.14 bits per heavy atom. The predicted octanol–water partition coefficient (Wildman–Crippen LogP) is 3.65. The van der Waals surface area contributed by atoms with E-state index in [-0.39, 0.29) is 21.0 Å². The molecular formula is C17H12ClF3N4O3S. The van der Waals surface area contributed by atoms with Gasteiger partial charge >= 0.3 is 6.18 Å². The second-order valence-electron chi connectivity index (χ2n) is 5.82. The zero-order chi connectivity index (χ0) is 21.4. The van der Waals surface area contributed by atoms with Crippen LogP contribution in [0.5, 0.6) is 0 Å². The normalized spacial score (nSPS) is 12.0. The lowest BCUT2D eigenvalue weighted by Crippen LogP contribution is -2.16. The summed E-state index contributed by atoms with van der Waals surface area (Å²) in [5.74, 6) is -1.42. The Kier molecular flexibility index (Phi) is 5.28. The van der Waals surface area contributed by atoms with Gasteiger partial charge in [0.2, 0.25) is 5.91 Å². The van der Waals surface area contributed by atoms with E-state index in [2.05, 4.69) is 5.10 Å². The molecule has 152 valence electrons. The van der Waals surface area contributed by atoms with Crippen LogP contribution in [0.4, 0.5) is 19.0 Å². The highest BCUT2D eigenvalue weighted by Gasteiger charge is 2.38. The molecule has 3 rings (SSSR count). The minimum absolute atomic E-state index is 0.0408. The van der Waals surface area contributed by atoms with E-state index in [1.165, 1.54) is 36.4 Å². The maximum atomic E-state index is 13.4. The quantitative estimate of drug-likeness (QED) is 0.556. The van der Waals surface area contributed by atoms with Gasteiger partial charge in [-0.25, -0.2) is 8.42 Å². The molecule has 0 spiro atoms. The first-order valence-corrected chi connectivity index (χ1v) is 9.69. The molecule has 0 saturated heterocycles. The van der Waals surface area contributed by atoms with Gasteiger partial charge in [-0.15, -0.1) is 0 Å². The van der Waals surface area contributed by atoms with Crippen molar-refractivity contribution in [2.24, 2.45) is 5.73 Å². The number of sulfonamides is 1. The molecule has 1 aromatic heterocycles. The zero-order valence-electron chi connectivity index (χ0n) is 14.3. The fourth-order valence-corrected chi connectivity index (χ4v) is 3.71. The monoisotopic (exact) mass is 444 g/mol. The zero-order valence-corrected chi connectivity index (χ0v) is 15.9. The van der Waals surface area contributed by atoms with E-state index >= 15 is 0 Å². The van der Waals surface area contributed by atoms with E-state index in [0.717, 1.165) is 12.1 Å². The smallest absolute Gasteiger partial charge is 0.366 e. The van der Waals surface area contributed by atoms with Crippen LogP contribution < -0.4 is 10.5 Å². The summed E-state index contributed by atoms with van der Waals surface area (Å²) in [5.41, 5.74) is 3.37. The fourth-order valence-electron chi connectivity index (χ4n) is 2.52. The van der Waals surface area contributed by atoms with Crippen LogP contribution in [-0.4, -0.2) is 24.5 Å². The molecule has 2 aromatic carbocycles. The molecule has 4 N–H and O–H groups in total. The summed E-state index contributed by atoms with van der Waals surface area (Å²) < 4.78 is 67.5. The summed E-state index contributed by atoms with van der Waals surface area (Å²) in [6, 6.07) is 10.1. The number of hydrogen-bond donors (Lipinski definition) is 3. The molecule has 1 amide bonds. The topological polar surface area (TPSA) is 118 Å². The summed E-state index contributed by atoms with van der Waals surface area (Å²) in [6.07, 6.45) is -4.82. The predicted molar refractivity (Wildman–Crippen MR) is 99.8 cm³/mol. The van der Waals surface area contributed by atoms with Gasteiger partial charge in [0.05, 0.1) is 10.5 Å². The number of nitrogens with two attached hydrogens (primary N) is 1. The number of aromatic amines is 1. The average molecular weight is 445 g/mol. The van der Waals surface area contributed by atoms with Crippen molar-refractivity contribution in [1.82, 2.24) is 10.2 Å². The molecule has 29 heavy (non-hydrogen) atoms. The molecule has 0 unspecified atom stereocenters. The van der Waals surface area contributed by atoms with Crippen molar-refractivity contribution in [3.8, 4) is 11.1 Å². The van der Waals surface area contributed by atoms with Crippen LogP contribution in [-0.2, 0) is 16.2 Å². The van der Waals surface area contributed by atoms with Crippen LogP contribution in [0.25, 0.3) is 11.1 Å². The van der Waals surface area contributed by atoms with Crippen LogP contribution in [0.3, 0.4) is 0 Å². The van der Waals surface area contributed by atoms with Gasteiger partial charge in [-0.05, 0) is 35.9 Å². The summed E-state index contributed by atoms with van der Waals surface area (Å²) in [4.78, 5) is 10.9. The summed E-state index contributed by atoms with van der Waals surface area (Å²) in [5, 5.41) is 5.60. The van der Waals surface area contributed by atoms with Gasteiger partial charge in [0.15, 0.2) is 5.82 Å². The van der Waals surface area contributed by atoms with Crippen LogP contribution in [0.15, 0.2) is 53.4 Å². The Bertz CT molecular complexity index is 1180. The van der Waals surface area contributed by atoms with Gasteiger partial charge in [-0.1, -0.05) is 29.8 Å². The van der Waals surface area contributed by atoms with Gasteiger partial charge in [-0.2, -0.15) is 18.3 Å². The van der Waals surface area contributed by atoms with Gasteiger partial charge < -0.3 is 5.73 Å². The van der Waals surface area contributed by atoms with E-state index in [4.69, 9.17) is 17.3 Å². The van der Waals surface area contributed by atoms with Crippen molar-refractivity contribution < 1.29 is 26.4 Å². The van der Waals surface area contributed by atoms with Crippen molar-refractivity contribution in [3.05, 3.63) is 64.8 Å². The number of benzene rings is 2. The molecule has 12 heteroatoms. The lowest BCUT2D eigenvalue weighted by Gasteiger charge is -2.11. The van der Waals surface area contributed by atoms with Crippen LogP contribution >= 0.6 is 11.6 Å².